The lowest BCUT2D eigenvalue weighted by Gasteiger charge is -2.34. The number of aromatic nitrogens is 1. The van der Waals surface area contributed by atoms with Gasteiger partial charge in [0.25, 0.3) is 0 Å². The van der Waals surface area contributed by atoms with Crippen molar-refractivity contribution in [3.8, 4) is 0 Å². The number of hydrogen-bond donors (Lipinski definition) is 2. The van der Waals surface area contributed by atoms with E-state index in [1.165, 1.54) is 5.56 Å². The fourth-order valence-electron chi connectivity index (χ4n) is 2.35. The fraction of sp³-hybridized carbons (Fsp3) is 0.643. The molecule has 0 bridgehead atoms. The third kappa shape index (κ3) is 3.43. The molecule has 0 saturated heterocycles. The standard InChI is InChI=1S/C14H23N3O/c1-3-15-8-11-4-5-14(16-9-11)17(2)10-12-6-13(18)7-12/h4-5,9,12-13,15,18H,3,6-8,10H2,1-2H3. The maximum Gasteiger partial charge on any atom is 0.128 e. The molecule has 1 aromatic heterocycles. The van der Waals surface area contributed by atoms with Gasteiger partial charge in [0, 0.05) is 26.3 Å². The van der Waals surface area contributed by atoms with E-state index in [9.17, 15) is 5.11 Å². The highest BCUT2D eigenvalue weighted by Crippen LogP contribution is 2.28. The van der Waals surface area contributed by atoms with Gasteiger partial charge in [-0.25, -0.2) is 4.98 Å². The largest absolute Gasteiger partial charge is 0.393 e. The molecule has 100 valence electrons. The number of nitrogens with one attached hydrogen (secondary N) is 1. The Morgan fingerprint density at radius 3 is 2.78 bits per heavy atom. The van der Waals surface area contributed by atoms with Gasteiger partial charge in [-0.1, -0.05) is 13.0 Å². The van der Waals surface area contributed by atoms with Crippen LogP contribution < -0.4 is 10.2 Å². The third-order valence-electron chi connectivity index (χ3n) is 3.52. The van der Waals surface area contributed by atoms with E-state index in [4.69, 9.17) is 0 Å². The first kappa shape index (κ1) is 13.3. The second kappa shape index (κ2) is 6.16. The van der Waals surface area contributed by atoms with Crippen molar-refractivity contribution in [1.29, 1.82) is 0 Å². The Bertz CT molecular complexity index is 360. The average Bonchev–Trinajstić information content (AvgIpc) is 2.35. The molecule has 2 N–H and O–H groups in total. The first-order valence-electron chi connectivity index (χ1n) is 6.74. The van der Waals surface area contributed by atoms with Crippen LogP contribution in [-0.2, 0) is 6.54 Å². The van der Waals surface area contributed by atoms with E-state index in [0.29, 0.717) is 5.92 Å². The van der Waals surface area contributed by atoms with Crippen LogP contribution in [0, 0.1) is 5.92 Å². The summed E-state index contributed by atoms with van der Waals surface area (Å²) in [5.41, 5.74) is 1.22. The van der Waals surface area contributed by atoms with E-state index in [2.05, 4.69) is 41.3 Å². The van der Waals surface area contributed by atoms with Crippen LogP contribution in [0.25, 0.3) is 0 Å². The first-order chi connectivity index (χ1) is 8.69. The molecular weight excluding hydrogens is 226 g/mol. The van der Waals surface area contributed by atoms with Crippen LogP contribution in [0.4, 0.5) is 5.82 Å². The molecule has 0 radical (unpaired) electrons. The van der Waals surface area contributed by atoms with Gasteiger partial charge in [-0.05, 0) is 36.9 Å². The lowest BCUT2D eigenvalue weighted by atomic mass is 9.82. The average molecular weight is 249 g/mol. The SMILES string of the molecule is CCNCc1ccc(N(C)CC2CC(O)C2)nc1. The number of rotatable bonds is 6. The Hall–Kier alpha value is -1.13. The summed E-state index contributed by atoms with van der Waals surface area (Å²) in [4.78, 5) is 6.66. The lowest BCUT2D eigenvalue weighted by molar-refractivity contribution is 0.0464. The van der Waals surface area contributed by atoms with Crippen LogP contribution in [0.2, 0.25) is 0 Å². The minimum Gasteiger partial charge on any atom is -0.393 e. The van der Waals surface area contributed by atoms with Crippen LogP contribution in [0.15, 0.2) is 18.3 Å². The van der Waals surface area contributed by atoms with Crippen molar-refractivity contribution in [1.82, 2.24) is 10.3 Å². The van der Waals surface area contributed by atoms with Gasteiger partial charge in [-0.2, -0.15) is 0 Å². The molecule has 1 fully saturated rings. The molecule has 1 aliphatic carbocycles. The van der Waals surface area contributed by atoms with Crippen molar-refractivity contribution in [2.45, 2.75) is 32.4 Å². The van der Waals surface area contributed by atoms with Crippen molar-refractivity contribution in [2.24, 2.45) is 5.92 Å². The summed E-state index contributed by atoms with van der Waals surface area (Å²) < 4.78 is 0. The van der Waals surface area contributed by atoms with Crippen molar-refractivity contribution < 1.29 is 5.11 Å². The molecule has 0 amide bonds. The second-order valence-corrected chi connectivity index (χ2v) is 5.18. The van der Waals surface area contributed by atoms with Crippen LogP contribution in [0.3, 0.4) is 0 Å². The maximum atomic E-state index is 9.28. The molecule has 0 spiro atoms. The minimum absolute atomic E-state index is 0.0705. The number of aliphatic hydroxyl groups excluding tert-OH is 1. The molecule has 1 saturated carbocycles. The molecule has 4 heteroatoms. The van der Waals surface area contributed by atoms with E-state index in [1.54, 1.807) is 0 Å². The molecule has 0 unspecified atom stereocenters. The molecule has 0 aromatic carbocycles. The summed E-state index contributed by atoms with van der Waals surface area (Å²) in [7, 11) is 2.07. The van der Waals surface area contributed by atoms with E-state index >= 15 is 0 Å². The Kier molecular flexibility index (Phi) is 4.55. The zero-order valence-corrected chi connectivity index (χ0v) is 11.3. The zero-order valence-electron chi connectivity index (χ0n) is 11.3. The first-order valence-corrected chi connectivity index (χ1v) is 6.74. The van der Waals surface area contributed by atoms with Crippen LogP contribution >= 0.6 is 0 Å². The Balaban J connectivity index is 1.84. The van der Waals surface area contributed by atoms with E-state index in [0.717, 1.165) is 38.3 Å². The molecule has 18 heavy (non-hydrogen) atoms. The third-order valence-corrected chi connectivity index (χ3v) is 3.52. The van der Waals surface area contributed by atoms with E-state index in [1.807, 2.05) is 6.20 Å². The molecule has 1 aliphatic rings. The van der Waals surface area contributed by atoms with Crippen molar-refractivity contribution in [3.63, 3.8) is 0 Å². The second-order valence-electron chi connectivity index (χ2n) is 5.18. The molecule has 4 nitrogen and oxygen atoms in total. The summed E-state index contributed by atoms with van der Waals surface area (Å²) >= 11 is 0. The van der Waals surface area contributed by atoms with Crippen LogP contribution in [0.5, 0.6) is 0 Å². The molecule has 2 rings (SSSR count). The number of hydrogen-bond acceptors (Lipinski definition) is 4. The summed E-state index contributed by atoms with van der Waals surface area (Å²) in [5.74, 6) is 1.63. The normalized spacial score (nSPS) is 22.6. The van der Waals surface area contributed by atoms with Gasteiger partial charge in [0.2, 0.25) is 0 Å². The molecule has 1 aromatic rings. The van der Waals surface area contributed by atoms with Crippen molar-refractivity contribution in [2.75, 3.05) is 25.0 Å². The zero-order chi connectivity index (χ0) is 13.0. The predicted octanol–water partition coefficient (Wildman–Crippen LogP) is 1.40. The van der Waals surface area contributed by atoms with Gasteiger partial charge >= 0.3 is 0 Å². The van der Waals surface area contributed by atoms with Gasteiger partial charge in [0.15, 0.2) is 0 Å². The quantitative estimate of drug-likeness (QED) is 0.800. The number of anilines is 1. The van der Waals surface area contributed by atoms with Gasteiger partial charge in [0.05, 0.1) is 6.10 Å². The Morgan fingerprint density at radius 1 is 1.44 bits per heavy atom. The minimum atomic E-state index is -0.0705. The maximum absolute atomic E-state index is 9.28. The Morgan fingerprint density at radius 2 is 2.22 bits per heavy atom. The monoisotopic (exact) mass is 249 g/mol. The summed E-state index contributed by atoms with van der Waals surface area (Å²) in [5, 5.41) is 12.6. The van der Waals surface area contributed by atoms with Gasteiger partial charge in [0.1, 0.15) is 5.82 Å². The number of nitrogens with zero attached hydrogens (tertiary/aromatic N) is 2. The Labute approximate surface area is 109 Å². The highest BCUT2D eigenvalue weighted by Gasteiger charge is 2.28. The highest BCUT2D eigenvalue weighted by atomic mass is 16.3. The summed E-state index contributed by atoms with van der Waals surface area (Å²) in [6.07, 6.45) is 3.73. The molecular formula is C14H23N3O. The van der Waals surface area contributed by atoms with Crippen LogP contribution in [0.1, 0.15) is 25.3 Å². The number of aliphatic hydroxyl groups is 1. The molecule has 0 atom stereocenters. The van der Waals surface area contributed by atoms with E-state index in [-0.39, 0.29) is 6.10 Å². The molecule has 1 heterocycles. The van der Waals surface area contributed by atoms with E-state index < -0.39 is 0 Å². The topological polar surface area (TPSA) is 48.4 Å². The van der Waals surface area contributed by atoms with Gasteiger partial charge in [-0.3, -0.25) is 0 Å². The van der Waals surface area contributed by atoms with Crippen molar-refractivity contribution >= 4 is 5.82 Å². The highest BCUT2D eigenvalue weighted by molar-refractivity contribution is 5.38. The fourth-order valence-corrected chi connectivity index (χ4v) is 2.35. The molecule has 0 aliphatic heterocycles. The van der Waals surface area contributed by atoms with Crippen LogP contribution in [-0.4, -0.2) is 36.3 Å². The number of pyridine rings is 1. The van der Waals surface area contributed by atoms with Gasteiger partial charge in [-0.15, -0.1) is 0 Å². The van der Waals surface area contributed by atoms with Gasteiger partial charge < -0.3 is 15.3 Å². The summed E-state index contributed by atoms with van der Waals surface area (Å²) in [6, 6.07) is 4.19. The smallest absolute Gasteiger partial charge is 0.128 e. The lowest BCUT2D eigenvalue weighted by Crippen LogP contribution is -2.37. The van der Waals surface area contributed by atoms with Crippen molar-refractivity contribution in [3.05, 3.63) is 23.9 Å². The predicted molar refractivity (Wildman–Crippen MR) is 73.6 cm³/mol. The summed E-state index contributed by atoms with van der Waals surface area (Å²) in [6.45, 7) is 4.94.